The Morgan fingerprint density at radius 2 is 1.68 bits per heavy atom. The van der Waals surface area contributed by atoms with Gasteiger partial charge in [0.2, 0.25) is 0 Å². The van der Waals surface area contributed by atoms with Crippen LogP contribution in [0.3, 0.4) is 0 Å². The molecule has 31 heavy (non-hydrogen) atoms. The van der Waals surface area contributed by atoms with Crippen molar-refractivity contribution in [3.8, 4) is 0 Å². The molecule has 172 valence electrons. The fourth-order valence-electron chi connectivity index (χ4n) is 3.95. The van der Waals surface area contributed by atoms with Crippen LogP contribution in [0.4, 0.5) is 0 Å². The Balaban J connectivity index is 0.000000361. The maximum atomic E-state index is 11.4. The van der Waals surface area contributed by atoms with Crippen molar-refractivity contribution in [2.45, 2.75) is 91.1 Å². The SMILES string of the molecule is C=C(CC/C=C/CC)C(O)(c1cccs1)C1CCCC1.CCC.CCc1ccccc1. The van der Waals surface area contributed by atoms with E-state index in [2.05, 4.69) is 82.1 Å². The van der Waals surface area contributed by atoms with Gasteiger partial charge in [0.25, 0.3) is 0 Å². The summed E-state index contributed by atoms with van der Waals surface area (Å²) in [5.41, 5.74) is 1.60. The first-order chi connectivity index (χ1) is 15.0. The zero-order chi connectivity index (χ0) is 23.0. The summed E-state index contributed by atoms with van der Waals surface area (Å²) in [4.78, 5) is 1.08. The molecule has 1 aromatic carbocycles. The Hall–Kier alpha value is -1.64. The van der Waals surface area contributed by atoms with Crippen LogP contribution < -0.4 is 0 Å². The summed E-state index contributed by atoms with van der Waals surface area (Å²) in [5, 5.41) is 13.4. The van der Waals surface area contributed by atoms with Crippen LogP contribution in [-0.2, 0) is 12.0 Å². The van der Waals surface area contributed by atoms with Crippen LogP contribution in [0.1, 0.15) is 89.5 Å². The highest BCUT2D eigenvalue weighted by atomic mass is 32.1. The van der Waals surface area contributed by atoms with Gasteiger partial charge in [0, 0.05) is 4.88 Å². The molecular weight excluding hydrogens is 396 g/mol. The number of allylic oxidation sites excluding steroid dienone is 2. The molecular formula is C29H44OS. The smallest absolute Gasteiger partial charge is 0.122 e. The number of aryl methyl sites for hydroxylation is 1. The Morgan fingerprint density at radius 3 is 2.16 bits per heavy atom. The lowest BCUT2D eigenvalue weighted by atomic mass is 9.77. The number of aliphatic hydroxyl groups is 1. The molecule has 2 heteroatoms. The predicted octanol–water partition coefficient (Wildman–Crippen LogP) is 9.09. The monoisotopic (exact) mass is 440 g/mol. The third kappa shape index (κ3) is 9.17. The molecule has 0 radical (unpaired) electrons. The van der Waals surface area contributed by atoms with E-state index in [1.807, 2.05) is 12.1 Å². The van der Waals surface area contributed by atoms with Crippen LogP contribution in [0.5, 0.6) is 0 Å². The van der Waals surface area contributed by atoms with Crippen molar-refractivity contribution in [3.05, 3.63) is 82.6 Å². The van der Waals surface area contributed by atoms with E-state index >= 15 is 0 Å². The zero-order valence-electron chi connectivity index (χ0n) is 20.3. The summed E-state index contributed by atoms with van der Waals surface area (Å²) in [6.07, 6.45) is 14.4. The third-order valence-electron chi connectivity index (χ3n) is 5.65. The minimum Gasteiger partial charge on any atom is -0.380 e. The Labute approximate surface area is 195 Å². The summed E-state index contributed by atoms with van der Waals surface area (Å²) in [5.74, 6) is 0.351. The van der Waals surface area contributed by atoms with Gasteiger partial charge in [-0.2, -0.15) is 0 Å². The molecule has 3 rings (SSSR count). The van der Waals surface area contributed by atoms with Gasteiger partial charge in [-0.1, -0.05) is 102 Å². The second-order valence-electron chi connectivity index (χ2n) is 8.29. The second kappa shape index (κ2) is 16.1. The van der Waals surface area contributed by atoms with E-state index in [4.69, 9.17) is 0 Å². The van der Waals surface area contributed by atoms with Gasteiger partial charge < -0.3 is 5.11 Å². The summed E-state index contributed by atoms with van der Waals surface area (Å²) in [6, 6.07) is 14.6. The molecule has 0 saturated heterocycles. The van der Waals surface area contributed by atoms with Crippen LogP contribution in [-0.4, -0.2) is 5.11 Å². The molecule has 0 amide bonds. The zero-order valence-corrected chi connectivity index (χ0v) is 21.1. The average Bonchev–Trinajstić information content (AvgIpc) is 3.52. The van der Waals surface area contributed by atoms with Gasteiger partial charge in [-0.15, -0.1) is 11.3 Å². The maximum Gasteiger partial charge on any atom is 0.122 e. The van der Waals surface area contributed by atoms with Crippen LogP contribution in [0, 0.1) is 5.92 Å². The minimum atomic E-state index is -0.801. The maximum absolute atomic E-state index is 11.4. The molecule has 0 spiro atoms. The van der Waals surface area contributed by atoms with E-state index in [9.17, 15) is 5.11 Å². The summed E-state index contributed by atoms with van der Waals surface area (Å²) >= 11 is 1.66. The van der Waals surface area contributed by atoms with Crippen molar-refractivity contribution in [1.29, 1.82) is 0 Å². The Morgan fingerprint density at radius 1 is 1.03 bits per heavy atom. The first-order valence-corrected chi connectivity index (χ1v) is 13.1. The largest absolute Gasteiger partial charge is 0.380 e. The molecule has 1 saturated carbocycles. The van der Waals surface area contributed by atoms with E-state index in [1.54, 1.807) is 11.3 Å². The highest BCUT2D eigenvalue weighted by Crippen LogP contribution is 2.47. The normalized spacial score (nSPS) is 15.5. The van der Waals surface area contributed by atoms with Crippen molar-refractivity contribution < 1.29 is 5.11 Å². The molecule has 1 fully saturated rings. The topological polar surface area (TPSA) is 20.2 Å². The molecule has 1 aromatic heterocycles. The van der Waals surface area contributed by atoms with Crippen LogP contribution in [0.2, 0.25) is 0 Å². The summed E-state index contributed by atoms with van der Waals surface area (Å²) < 4.78 is 0. The Bertz CT molecular complexity index is 710. The van der Waals surface area contributed by atoms with Crippen LogP contribution in [0.25, 0.3) is 0 Å². The van der Waals surface area contributed by atoms with Gasteiger partial charge in [0.05, 0.1) is 0 Å². The lowest BCUT2D eigenvalue weighted by Gasteiger charge is -2.35. The van der Waals surface area contributed by atoms with Gasteiger partial charge >= 0.3 is 0 Å². The number of rotatable bonds is 8. The molecule has 0 bridgehead atoms. The molecule has 2 aromatic rings. The standard InChI is InChI=1S/C18H26OS.C8H10.C3H8/c1-3-4-5-6-10-15(2)18(19,16-11-7-8-12-16)17-13-9-14-20-17;1-2-8-6-4-3-5-7-8;1-3-2/h4-5,9,13-14,16,19H,2-3,6-8,10-12H2,1H3;3-7H,2H2,1H3;3H2,1-2H3/b5-4+;;. The van der Waals surface area contributed by atoms with Gasteiger partial charge in [-0.05, 0) is 67.0 Å². The van der Waals surface area contributed by atoms with Gasteiger partial charge in [0.1, 0.15) is 5.60 Å². The van der Waals surface area contributed by atoms with Gasteiger partial charge in [0.15, 0.2) is 0 Å². The number of hydrogen-bond donors (Lipinski definition) is 1. The van der Waals surface area contributed by atoms with Crippen molar-refractivity contribution in [1.82, 2.24) is 0 Å². The fraction of sp³-hybridized carbons (Fsp3) is 0.517. The van der Waals surface area contributed by atoms with Crippen molar-refractivity contribution in [2.75, 3.05) is 0 Å². The third-order valence-corrected chi connectivity index (χ3v) is 6.64. The molecule has 1 atom stereocenters. The number of hydrogen-bond acceptors (Lipinski definition) is 2. The molecule has 1 unspecified atom stereocenters. The van der Waals surface area contributed by atoms with E-state index in [0.717, 1.165) is 49.0 Å². The average molecular weight is 441 g/mol. The lowest BCUT2D eigenvalue weighted by molar-refractivity contribution is 0.0156. The fourth-order valence-corrected chi connectivity index (χ4v) is 4.90. The molecule has 0 aliphatic heterocycles. The Kier molecular flexibility index (Phi) is 14.2. The van der Waals surface area contributed by atoms with E-state index in [-0.39, 0.29) is 0 Å². The van der Waals surface area contributed by atoms with Crippen molar-refractivity contribution in [3.63, 3.8) is 0 Å². The molecule has 1 aliphatic rings. The number of benzene rings is 1. The van der Waals surface area contributed by atoms with E-state index < -0.39 is 5.60 Å². The first kappa shape index (κ1) is 27.4. The van der Waals surface area contributed by atoms with E-state index in [0.29, 0.717) is 5.92 Å². The van der Waals surface area contributed by atoms with Crippen molar-refractivity contribution >= 4 is 11.3 Å². The van der Waals surface area contributed by atoms with Crippen LogP contribution >= 0.6 is 11.3 Å². The molecule has 1 aliphatic carbocycles. The first-order valence-electron chi connectivity index (χ1n) is 12.2. The highest BCUT2D eigenvalue weighted by molar-refractivity contribution is 7.10. The van der Waals surface area contributed by atoms with Gasteiger partial charge in [-0.25, -0.2) is 0 Å². The quantitative estimate of drug-likeness (QED) is 0.406. The highest BCUT2D eigenvalue weighted by Gasteiger charge is 2.42. The minimum absolute atomic E-state index is 0.351. The van der Waals surface area contributed by atoms with E-state index in [1.165, 1.54) is 24.8 Å². The van der Waals surface area contributed by atoms with Gasteiger partial charge in [-0.3, -0.25) is 0 Å². The lowest BCUT2D eigenvalue weighted by Crippen LogP contribution is -2.34. The molecule has 1 nitrogen and oxygen atoms in total. The van der Waals surface area contributed by atoms with Crippen molar-refractivity contribution in [2.24, 2.45) is 5.92 Å². The number of thiophene rings is 1. The summed E-state index contributed by atoms with van der Waals surface area (Å²) in [6.45, 7) is 12.8. The molecule has 1 heterocycles. The summed E-state index contributed by atoms with van der Waals surface area (Å²) in [7, 11) is 0. The second-order valence-corrected chi connectivity index (χ2v) is 9.24. The predicted molar refractivity (Wildman–Crippen MR) is 140 cm³/mol. The van der Waals surface area contributed by atoms with Crippen LogP contribution in [0.15, 0.2) is 72.1 Å². The molecule has 1 N–H and O–H groups in total.